The van der Waals surface area contributed by atoms with E-state index < -0.39 is 5.92 Å². The topological polar surface area (TPSA) is 95.5 Å². The second-order valence-corrected chi connectivity index (χ2v) is 3.56. The summed E-state index contributed by atoms with van der Waals surface area (Å²) in [5.74, 6) is -0.576. The van der Waals surface area contributed by atoms with Gasteiger partial charge in [-0.05, 0) is 0 Å². The summed E-state index contributed by atoms with van der Waals surface area (Å²) in [6.07, 6.45) is 0. The van der Waals surface area contributed by atoms with Crippen LogP contribution in [0.1, 0.15) is 11.7 Å². The SMILES string of the molecule is COc1nc(-c2ccccc2)nc(C(C#N)C#N)n1. The molecule has 0 saturated carbocycles. The fraction of sp³-hybridized carbons (Fsp3) is 0.154. The van der Waals surface area contributed by atoms with Crippen molar-refractivity contribution in [2.24, 2.45) is 0 Å². The van der Waals surface area contributed by atoms with Crippen LogP contribution in [0, 0.1) is 22.7 Å². The normalized spacial score (nSPS) is 9.68. The quantitative estimate of drug-likeness (QED) is 0.823. The lowest BCUT2D eigenvalue weighted by atomic mass is 10.1. The Bertz CT molecular complexity index is 643. The zero-order valence-electron chi connectivity index (χ0n) is 10.1. The molecule has 6 heteroatoms. The minimum atomic E-state index is -1.04. The zero-order chi connectivity index (χ0) is 13.7. The van der Waals surface area contributed by atoms with Crippen molar-refractivity contribution in [3.63, 3.8) is 0 Å². The average Bonchev–Trinajstić information content (AvgIpc) is 2.49. The summed E-state index contributed by atoms with van der Waals surface area (Å²) in [7, 11) is 1.42. The molecule has 0 aliphatic carbocycles. The van der Waals surface area contributed by atoms with Gasteiger partial charge in [0.25, 0.3) is 0 Å². The molecule has 2 rings (SSSR count). The van der Waals surface area contributed by atoms with E-state index in [0.717, 1.165) is 5.56 Å². The van der Waals surface area contributed by atoms with Gasteiger partial charge in [-0.2, -0.15) is 20.5 Å². The lowest BCUT2D eigenvalue weighted by Crippen LogP contribution is -2.06. The van der Waals surface area contributed by atoms with Crippen molar-refractivity contribution in [1.82, 2.24) is 15.0 Å². The van der Waals surface area contributed by atoms with Crippen molar-refractivity contribution in [2.45, 2.75) is 5.92 Å². The Morgan fingerprint density at radius 2 is 1.74 bits per heavy atom. The highest BCUT2D eigenvalue weighted by Gasteiger charge is 2.17. The number of rotatable bonds is 3. The smallest absolute Gasteiger partial charge is 0.320 e. The second kappa shape index (κ2) is 5.56. The Labute approximate surface area is 110 Å². The van der Waals surface area contributed by atoms with E-state index in [-0.39, 0.29) is 11.8 Å². The molecule has 19 heavy (non-hydrogen) atoms. The molecule has 6 nitrogen and oxygen atoms in total. The van der Waals surface area contributed by atoms with Gasteiger partial charge >= 0.3 is 6.01 Å². The van der Waals surface area contributed by atoms with Gasteiger partial charge in [-0.1, -0.05) is 30.3 Å². The van der Waals surface area contributed by atoms with Crippen LogP contribution >= 0.6 is 0 Å². The number of aromatic nitrogens is 3. The molecule has 1 aromatic heterocycles. The summed E-state index contributed by atoms with van der Waals surface area (Å²) in [4.78, 5) is 12.2. The highest BCUT2D eigenvalue weighted by Crippen LogP contribution is 2.19. The molecule has 0 saturated heterocycles. The van der Waals surface area contributed by atoms with Crippen molar-refractivity contribution in [3.05, 3.63) is 36.2 Å². The van der Waals surface area contributed by atoms with E-state index in [9.17, 15) is 0 Å². The first-order chi connectivity index (χ1) is 9.28. The molecule has 0 N–H and O–H groups in total. The molecule has 0 bridgehead atoms. The van der Waals surface area contributed by atoms with Crippen molar-refractivity contribution in [2.75, 3.05) is 7.11 Å². The number of methoxy groups -OCH3 is 1. The third kappa shape index (κ3) is 2.64. The molecule has 0 aliphatic rings. The van der Waals surface area contributed by atoms with E-state index in [2.05, 4.69) is 15.0 Å². The molecule has 0 aliphatic heterocycles. The number of nitriles is 2. The van der Waals surface area contributed by atoms with Gasteiger partial charge in [0.15, 0.2) is 17.6 Å². The number of hydrogen-bond donors (Lipinski definition) is 0. The Hall–Kier alpha value is -2.99. The molecule has 0 atom stereocenters. The van der Waals surface area contributed by atoms with E-state index in [1.165, 1.54) is 7.11 Å². The number of benzene rings is 1. The minimum absolute atomic E-state index is 0.0827. The first-order valence-electron chi connectivity index (χ1n) is 5.43. The first kappa shape index (κ1) is 12.5. The first-order valence-corrected chi connectivity index (χ1v) is 5.43. The van der Waals surface area contributed by atoms with Crippen LogP contribution in [0.2, 0.25) is 0 Å². The molecule has 1 aromatic carbocycles. The number of nitrogens with zero attached hydrogens (tertiary/aromatic N) is 5. The maximum absolute atomic E-state index is 8.89. The van der Waals surface area contributed by atoms with Crippen molar-refractivity contribution in [1.29, 1.82) is 10.5 Å². The predicted octanol–water partition coefficient (Wildman–Crippen LogP) is 1.68. The van der Waals surface area contributed by atoms with Crippen LogP contribution in [0.15, 0.2) is 30.3 Å². The molecule has 92 valence electrons. The largest absolute Gasteiger partial charge is 0.467 e. The second-order valence-electron chi connectivity index (χ2n) is 3.56. The zero-order valence-corrected chi connectivity index (χ0v) is 10.1. The van der Waals surface area contributed by atoms with Crippen LogP contribution in [0.25, 0.3) is 11.4 Å². The van der Waals surface area contributed by atoms with Gasteiger partial charge in [0.2, 0.25) is 0 Å². The van der Waals surface area contributed by atoms with Crippen molar-refractivity contribution < 1.29 is 4.74 Å². The van der Waals surface area contributed by atoms with Crippen LogP contribution in [-0.2, 0) is 0 Å². The van der Waals surface area contributed by atoms with Crippen LogP contribution in [0.5, 0.6) is 6.01 Å². The maximum atomic E-state index is 8.89. The molecular formula is C13H9N5O. The maximum Gasteiger partial charge on any atom is 0.320 e. The van der Waals surface area contributed by atoms with Gasteiger partial charge in [0, 0.05) is 5.56 Å². The Morgan fingerprint density at radius 1 is 1.05 bits per heavy atom. The van der Waals surface area contributed by atoms with Crippen LogP contribution in [0.3, 0.4) is 0 Å². The Morgan fingerprint density at radius 3 is 2.32 bits per heavy atom. The van der Waals surface area contributed by atoms with Crippen LogP contribution in [-0.4, -0.2) is 22.1 Å². The summed E-state index contributed by atoms with van der Waals surface area (Å²) in [5.41, 5.74) is 0.763. The fourth-order valence-electron chi connectivity index (χ4n) is 1.45. The molecule has 2 aromatic rings. The molecule has 0 fully saturated rings. The lowest BCUT2D eigenvalue weighted by molar-refractivity contribution is 0.376. The van der Waals surface area contributed by atoms with Crippen LogP contribution in [0.4, 0.5) is 0 Å². The van der Waals surface area contributed by atoms with Gasteiger partial charge in [-0.3, -0.25) is 0 Å². The Balaban J connectivity index is 2.55. The summed E-state index contributed by atoms with van der Waals surface area (Å²) in [5, 5.41) is 17.8. The molecule has 1 heterocycles. The highest BCUT2D eigenvalue weighted by molar-refractivity contribution is 5.54. The van der Waals surface area contributed by atoms with E-state index in [0.29, 0.717) is 5.82 Å². The van der Waals surface area contributed by atoms with E-state index in [1.54, 1.807) is 0 Å². The minimum Gasteiger partial charge on any atom is -0.467 e. The van der Waals surface area contributed by atoms with Gasteiger partial charge in [0.1, 0.15) is 0 Å². The van der Waals surface area contributed by atoms with Crippen molar-refractivity contribution >= 4 is 0 Å². The molecule has 0 unspecified atom stereocenters. The summed E-state index contributed by atoms with van der Waals surface area (Å²) in [6.45, 7) is 0. The fourth-order valence-corrected chi connectivity index (χ4v) is 1.45. The van der Waals surface area contributed by atoms with E-state index in [4.69, 9.17) is 15.3 Å². The van der Waals surface area contributed by atoms with Gasteiger partial charge in [-0.15, -0.1) is 0 Å². The third-order valence-corrected chi connectivity index (χ3v) is 2.36. The highest BCUT2D eigenvalue weighted by atomic mass is 16.5. The third-order valence-electron chi connectivity index (χ3n) is 2.36. The van der Waals surface area contributed by atoms with Crippen molar-refractivity contribution in [3.8, 4) is 29.5 Å². The Kier molecular flexibility index (Phi) is 3.65. The standard InChI is InChI=1S/C13H9N5O/c1-19-13-17-11(9-5-3-2-4-6-9)16-12(18-13)10(7-14)8-15/h2-6,10H,1H3. The number of hydrogen-bond acceptors (Lipinski definition) is 6. The van der Waals surface area contributed by atoms with E-state index in [1.807, 2.05) is 42.5 Å². The average molecular weight is 251 g/mol. The number of ether oxygens (including phenoxy) is 1. The molecule has 0 amide bonds. The summed E-state index contributed by atoms with van der Waals surface area (Å²) in [6, 6.07) is 13.0. The monoisotopic (exact) mass is 251 g/mol. The predicted molar refractivity (Wildman–Crippen MR) is 65.8 cm³/mol. The molecular weight excluding hydrogens is 242 g/mol. The van der Waals surface area contributed by atoms with Gasteiger partial charge < -0.3 is 4.74 Å². The van der Waals surface area contributed by atoms with Gasteiger partial charge in [0.05, 0.1) is 19.2 Å². The molecule has 0 radical (unpaired) electrons. The van der Waals surface area contributed by atoms with E-state index >= 15 is 0 Å². The molecule has 0 spiro atoms. The van der Waals surface area contributed by atoms with Gasteiger partial charge in [-0.25, -0.2) is 4.98 Å². The summed E-state index contributed by atoms with van der Waals surface area (Å²) >= 11 is 0. The lowest BCUT2D eigenvalue weighted by Gasteiger charge is -2.06. The van der Waals surface area contributed by atoms with Crippen LogP contribution < -0.4 is 4.74 Å². The summed E-state index contributed by atoms with van der Waals surface area (Å²) < 4.78 is 4.98.